The molecule has 0 spiro atoms. The number of aliphatic hydroxyl groups is 1. The van der Waals surface area contributed by atoms with Gasteiger partial charge in [0.1, 0.15) is 29.6 Å². The third-order valence-corrected chi connectivity index (χ3v) is 3.66. The van der Waals surface area contributed by atoms with Crippen LogP contribution >= 0.6 is 0 Å². The van der Waals surface area contributed by atoms with Crippen molar-refractivity contribution in [2.75, 3.05) is 7.11 Å². The van der Waals surface area contributed by atoms with Gasteiger partial charge in [-0.05, 0) is 29.8 Å². The zero-order chi connectivity index (χ0) is 18.4. The molecule has 25 heavy (non-hydrogen) atoms. The zero-order valence-corrected chi connectivity index (χ0v) is 14.5. The minimum absolute atomic E-state index is 0.155. The number of benzene rings is 2. The first kappa shape index (κ1) is 18.4. The molecule has 0 bridgehead atoms. The molecule has 2 N–H and O–H groups in total. The van der Waals surface area contributed by atoms with Crippen molar-refractivity contribution >= 4 is 11.5 Å². The second-order valence-electron chi connectivity index (χ2n) is 5.90. The Morgan fingerprint density at radius 1 is 1.12 bits per heavy atom. The van der Waals surface area contributed by atoms with Crippen LogP contribution in [0.4, 0.5) is 0 Å². The van der Waals surface area contributed by atoms with Crippen molar-refractivity contribution < 1.29 is 24.5 Å². The van der Waals surface area contributed by atoms with E-state index in [1.54, 1.807) is 27.0 Å². The summed E-state index contributed by atoms with van der Waals surface area (Å²) in [6.07, 6.45) is 1.12. The molecule has 0 aliphatic carbocycles. The van der Waals surface area contributed by atoms with E-state index in [1.165, 1.54) is 12.1 Å². The number of methoxy groups -OCH3 is 1. The van der Waals surface area contributed by atoms with Gasteiger partial charge in [-0.3, -0.25) is 4.79 Å². The third kappa shape index (κ3) is 5.01. The van der Waals surface area contributed by atoms with E-state index >= 15 is 0 Å². The molecule has 0 saturated heterocycles. The lowest BCUT2D eigenvalue weighted by molar-refractivity contribution is -0.117. The van der Waals surface area contributed by atoms with Crippen LogP contribution in [0.1, 0.15) is 25.0 Å². The molecule has 132 valence electrons. The van der Waals surface area contributed by atoms with Crippen molar-refractivity contribution in [3.8, 4) is 17.2 Å². The fourth-order valence-corrected chi connectivity index (χ4v) is 2.09. The van der Waals surface area contributed by atoms with Gasteiger partial charge in [0.2, 0.25) is 0 Å². The number of carbonyl (C=O) groups is 1. The number of rotatable bonds is 7. The summed E-state index contributed by atoms with van der Waals surface area (Å²) < 4.78 is 10.7. The quantitative estimate of drug-likeness (QED) is 0.585. The van der Waals surface area contributed by atoms with Crippen molar-refractivity contribution in [2.45, 2.75) is 20.5 Å². The molecule has 0 atom stereocenters. The molecule has 0 heterocycles. The number of phenolic OH excluding ortho intramolecular Hbond substituents is 1. The molecule has 5 nitrogen and oxygen atoms in total. The molecule has 0 amide bonds. The summed E-state index contributed by atoms with van der Waals surface area (Å²) >= 11 is 0. The van der Waals surface area contributed by atoms with E-state index in [1.807, 2.05) is 24.3 Å². The van der Waals surface area contributed by atoms with Crippen LogP contribution in [0.2, 0.25) is 0 Å². The third-order valence-electron chi connectivity index (χ3n) is 3.66. The number of allylic oxidation sites excluding steroid dienone is 1. The standard InChI is InChI=1S/C20H22O5/c1-13(2)18(21)11-20(23)17-9-8-16(10-19(17)22)25-12-14-4-6-15(24-3)7-5-14/h4-11,13,22-23H,12H2,1-3H3. The van der Waals surface area contributed by atoms with E-state index in [9.17, 15) is 15.0 Å². The number of hydrogen-bond acceptors (Lipinski definition) is 5. The van der Waals surface area contributed by atoms with Gasteiger partial charge in [0.05, 0.1) is 12.7 Å². The first-order valence-corrected chi connectivity index (χ1v) is 7.94. The second kappa shape index (κ2) is 8.24. The molecule has 2 rings (SSSR count). The van der Waals surface area contributed by atoms with Crippen molar-refractivity contribution in [1.82, 2.24) is 0 Å². The second-order valence-corrected chi connectivity index (χ2v) is 5.90. The lowest BCUT2D eigenvalue weighted by Crippen LogP contribution is -2.03. The molecule has 0 unspecified atom stereocenters. The normalized spacial score (nSPS) is 11.4. The Hall–Kier alpha value is -2.95. The first-order valence-electron chi connectivity index (χ1n) is 7.94. The molecule has 0 saturated carbocycles. The summed E-state index contributed by atoms with van der Waals surface area (Å²) in [5.74, 6) is 0.368. The molecule has 2 aromatic carbocycles. The number of aliphatic hydroxyl groups excluding tert-OH is 1. The van der Waals surface area contributed by atoms with Crippen molar-refractivity contribution in [2.24, 2.45) is 5.92 Å². The lowest BCUT2D eigenvalue weighted by atomic mass is 10.1. The topological polar surface area (TPSA) is 76.0 Å². The average molecular weight is 342 g/mol. The van der Waals surface area contributed by atoms with Crippen LogP contribution in [-0.2, 0) is 11.4 Å². The van der Waals surface area contributed by atoms with E-state index in [4.69, 9.17) is 9.47 Å². The highest BCUT2D eigenvalue weighted by molar-refractivity contribution is 5.96. The molecule has 0 radical (unpaired) electrons. The summed E-state index contributed by atoms with van der Waals surface area (Å²) in [6, 6.07) is 12.0. The summed E-state index contributed by atoms with van der Waals surface area (Å²) in [6.45, 7) is 3.81. The van der Waals surface area contributed by atoms with Crippen LogP contribution in [0.25, 0.3) is 5.76 Å². The van der Waals surface area contributed by atoms with Crippen molar-refractivity contribution in [3.63, 3.8) is 0 Å². The Balaban J connectivity index is 2.06. The highest BCUT2D eigenvalue weighted by Crippen LogP contribution is 2.29. The fourth-order valence-electron chi connectivity index (χ4n) is 2.09. The number of ether oxygens (including phenoxy) is 2. The molecular formula is C20H22O5. The number of hydrogen-bond donors (Lipinski definition) is 2. The Kier molecular flexibility index (Phi) is 6.06. The van der Waals surface area contributed by atoms with Gasteiger partial charge in [-0.15, -0.1) is 0 Å². The summed E-state index contributed by atoms with van der Waals surface area (Å²) in [5, 5.41) is 20.1. The summed E-state index contributed by atoms with van der Waals surface area (Å²) in [5.41, 5.74) is 1.14. The molecule has 2 aromatic rings. The van der Waals surface area contributed by atoms with Gasteiger partial charge in [-0.1, -0.05) is 26.0 Å². The Morgan fingerprint density at radius 2 is 1.76 bits per heavy atom. The highest BCUT2D eigenvalue weighted by Gasteiger charge is 2.11. The van der Waals surface area contributed by atoms with Crippen LogP contribution in [-0.4, -0.2) is 23.1 Å². The Morgan fingerprint density at radius 3 is 2.32 bits per heavy atom. The maximum atomic E-state index is 11.7. The Labute approximate surface area is 147 Å². The van der Waals surface area contributed by atoms with Crippen LogP contribution in [0.5, 0.6) is 17.2 Å². The smallest absolute Gasteiger partial charge is 0.161 e. The minimum Gasteiger partial charge on any atom is -0.507 e. The minimum atomic E-state index is -0.266. The van der Waals surface area contributed by atoms with Crippen molar-refractivity contribution in [1.29, 1.82) is 0 Å². The van der Waals surface area contributed by atoms with Gasteiger partial charge in [0.15, 0.2) is 5.78 Å². The predicted molar refractivity (Wildman–Crippen MR) is 95.9 cm³/mol. The van der Waals surface area contributed by atoms with Gasteiger partial charge < -0.3 is 19.7 Å². The maximum absolute atomic E-state index is 11.7. The predicted octanol–water partition coefficient (Wildman–Crippen LogP) is 4.10. The van der Waals surface area contributed by atoms with E-state index in [0.29, 0.717) is 12.4 Å². The van der Waals surface area contributed by atoms with Gasteiger partial charge >= 0.3 is 0 Å². The van der Waals surface area contributed by atoms with Crippen LogP contribution < -0.4 is 9.47 Å². The molecule has 0 fully saturated rings. The van der Waals surface area contributed by atoms with Gasteiger partial charge in [0, 0.05) is 18.1 Å². The van der Waals surface area contributed by atoms with Gasteiger partial charge in [0.25, 0.3) is 0 Å². The van der Waals surface area contributed by atoms with E-state index in [0.717, 1.165) is 17.4 Å². The van der Waals surface area contributed by atoms with E-state index in [-0.39, 0.29) is 28.8 Å². The zero-order valence-electron chi connectivity index (χ0n) is 14.5. The number of ketones is 1. The Bertz CT molecular complexity index is 760. The monoisotopic (exact) mass is 342 g/mol. The number of phenols is 1. The number of carbonyl (C=O) groups excluding carboxylic acids is 1. The number of aromatic hydroxyl groups is 1. The van der Waals surface area contributed by atoms with Crippen molar-refractivity contribution in [3.05, 3.63) is 59.7 Å². The molecule has 5 heteroatoms. The van der Waals surface area contributed by atoms with Gasteiger partial charge in [-0.2, -0.15) is 0 Å². The van der Waals surface area contributed by atoms with E-state index < -0.39 is 0 Å². The molecular weight excluding hydrogens is 320 g/mol. The van der Waals surface area contributed by atoms with Crippen LogP contribution in [0, 0.1) is 5.92 Å². The largest absolute Gasteiger partial charge is 0.507 e. The van der Waals surface area contributed by atoms with E-state index in [2.05, 4.69) is 0 Å². The lowest BCUT2D eigenvalue weighted by Gasteiger charge is -2.10. The van der Waals surface area contributed by atoms with Gasteiger partial charge in [-0.25, -0.2) is 0 Å². The molecule has 0 aliphatic rings. The molecule has 0 aliphatic heterocycles. The first-order chi connectivity index (χ1) is 11.9. The van der Waals surface area contributed by atoms with Crippen LogP contribution in [0.3, 0.4) is 0 Å². The highest BCUT2D eigenvalue weighted by atomic mass is 16.5. The summed E-state index contributed by atoms with van der Waals surface area (Å²) in [4.78, 5) is 11.7. The maximum Gasteiger partial charge on any atom is 0.161 e. The SMILES string of the molecule is COc1ccc(COc2ccc(C(O)=CC(=O)C(C)C)c(O)c2)cc1. The average Bonchev–Trinajstić information content (AvgIpc) is 2.60. The molecule has 0 aromatic heterocycles. The van der Waals surface area contributed by atoms with Crippen LogP contribution in [0.15, 0.2) is 48.5 Å². The summed E-state index contributed by atoms with van der Waals surface area (Å²) in [7, 11) is 1.61. The fraction of sp³-hybridized carbons (Fsp3) is 0.250.